The van der Waals surface area contributed by atoms with Gasteiger partial charge < -0.3 is 19.7 Å². The van der Waals surface area contributed by atoms with Gasteiger partial charge in [-0.3, -0.25) is 4.72 Å². The Bertz CT molecular complexity index is 1060. The van der Waals surface area contributed by atoms with Gasteiger partial charge in [-0.15, -0.1) is 0 Å². The number of carboxylic acid groups (broad SMARTS) is 2. The van der Waals surface area contributed by atoms with Gasteiger partial charge in [0.1, 0.15) is 17.2 Å². The molecule has 0 atom stereocenters. The molecule has 0 saturated carbocycles. The van der Waals surface area contributed by atoms with Crippen LogP contribution in [0.5, 0.6) is 11.5 Å². The third-order valence-corrected chi connectivity index (χ3v) is 5.63. The third kappa shape index (κ3) is 4.01. The molecule has 0 aliphatic heterocycles. The molecule has 3 N–H and O–H groups in total. The first-order valence-corrected chi connectivity index (χ1v) is 9.36. The van der Waals surface area contributed by atoms with E-state index in [9.17, 15) is 28.2 Å². The van der Waals surface area contributed by atoms with Crippen LogP contribution in [0.1, 0.15) is 31.8 Å². The Morgan fingerprint density at radius 2 is 1.61 bits per heavy atom. The molecule has 0 fully saturated rings. The molecule has 28 heavy (non-hydrogen) atoms. The van der Waals surface area contributed by atoms with E-state index in [-0.39, 0.29) is 33.2 Å². The maximum atomic E-state index is 13.0. The highest BCUT2D eigenvalue weighted by atomic mass is 32.2. The predicted octanol–water partition coefficient (Wildman–Crippen LogP) is 2.52. The highest BCUT2D eigenvalue weighted by Crippen LogP contribution is 2.36. The number of nitrogens with one attached hydrogen (secondary N) is 1. The van der Waals surface area contributed by atoms with Crippen molar-refractivity contribution in [2.24, 2.45) is 0 Å². The molecule has 2 rings (SSSR count). The van der Waals surface area contributed by atoms with E-state index in [1.807, 2.05) is 0 Å². The van der Waals surface area contributed by atoms with Gasteiger partial charge in [0.2, 0.25) is 0 Å². The van der Waals surface area contributed by atoms with E-state index in [0.29, 0.717) is 11.1 Å². The lowest BCUT2D eigenvalue weighted by Crippen LogP contribution is -2.18. The van der Waals surface area contributed by atoms with Crippen molar-refractivity contribution in [2.45, 2.75) is 18.7 Å². The minimum atomic E-state index is -4.33. The summed E-state index contributed by atoms with van der Waals surface area (Å²) in [5, 5.41) is 18.7. The van der Waals surface area contributed by atoms with E-state index in [1.165, 1.54) is 33.3 Å². The summed E-state index contributed by atoms with van der Waals surface area (Å²) in [5.74, 6) is -2.59. The Labute approximate surface area is 161 Å². The highest BCUT2D eigenvalue weighted by Gasteiger charge is 2.26. The van der Waals surface area contributed by atoms with Crippen molar-refractivity contribution in [3.63, 3.8) is 0 Å². The van der Waals surface area contributed by atoms with E-state index >= 15 is 0 Å². The molecular formula is C18H19NO8S. The van der Waals surface area contributed by atoms with Gasteiger partial charge >= 0.3 is 11.9 Å². The summed E-state index contributed by atoms with van der Waals surface area (Å²) in [5.41, 5.74) is -0.0944. The summed E-state index contributed by atoms with van der Waals surface area (Å²) >= 11 is 0. The first kappa shape index (κ1) is 21.0. The molecule has 0 spiro atoms. The molecule has 2 aromatic rings. The Kier molecular flexibility index (Phi) is 5.84. The number of methoxy groups -OCH3 is 2. The fraction of sp³-hybridized carbons (Fsp3) is 0.222. The molecular weight excluding hydrogens is 390 g/mol. The van der Waals surface area contributed by atoms with Crippen molar-refractivity contribution >= 4 is 27.6 Å². The van der Waals surface area contributed by atoms with Crippen molar-refractivity contribution in [1.29, 1.82) is 0 Å². The van der Waals surface area contributed by atoms with Gasteiger partial charge in [-0.2, -0.15) is 0 Å². The number of anilines is 1. The van der Waals surface area contributed by atoms with Crippen LogP contribution in [0.25, 0.3) is 0 Å². The van der Waals surface area contributed by atoms with E-state index < -0.39 is 22.0 Å². The van der Waals surface area contributed by atoms with Gasteiger partial charge in [0, 0.05) is 6.07 Å². The van der Waals surface area contributed by atoms with Gasteiger partial charge in [-0.05, 0) is 43.2 Å². The Morgan fingerprint density at radius 1 is 0.964 bits per heavy atom. The van der Waals surface area contributed by atoms with Crippen LogP contribution in [0.4, 0.5) is 5.69 Å². The fourth-order valence-corrected chi connectivity index (χ4v) is 4.00. The summed E-state index contributed by atoms with van der Waals surface area (Å²) < 4.78 is 38.3. The number of sulfonamides is 1. The molecule has 0 bridgehead atoms. The zero-order valence-electron chi connectivity index (χ0n) is 15.6. The van der Waals surface area contributed by atoms with Gasteiger partial charge in [0.25, 0.3) is 10.0 Å². The fourth-order valence-electron chi connectivity index (χ4n) is 2.56. The number of aromatic carboxylic acids is 2. The molecule has 0 aromatic heterocycles. The lowest BCUT2D eigenvalue weighted by molar-refractivity contribution is 0.0686. The van der Waals surface area contributed by atoms with Crippen molar-refractivity contribution in [1.82, 2.24) is 0 Å². The van der Waals surface area contributed by atoms with Gasteiger partial charge in [-0.1, -0.05) is 0 Å². The molecule has 10 heteroatoms. The second-order valence-corrected chi connectivity index (χ2v) is 7.54. The minimum absolute atomic E-state index is 0.0657. The molecule has 0 unspecified atom stereocenters. The van der Waals surface area contributed by atoms with Crippen LogP contribution >= 0.6 is 0 Å². The van der Waals surface area contributed by atoms with Crippen LogP contribution < -0.4 is 14.2 Å². The first-order chi connectivity index (χ1) is 13.0. The van der Waals surface area contributed by atoms with Crippen molar-refractivity contribution in [2.75, 3.05) is 18.9 Å². The summed E-state index contributed by atoms with van der Waals surface area (Å²) in [6.07, 6.45) is 0. The van der Waals surface area contributed by atoms with Crippen LogP contribution in [0, 0.1) is 13.8 Å². The predicted molar refractivity (Wildman–Crippen MR) is 100 cm³/mol. The average Bonchev–Trinajstić information content (AvgIpc) is 2.62. The lowest BCUT2D eigenvalue weighted by Gasteiger charge is -2.17. The van der Waals surface area contributed by atoms with Crippen LogP contribution in [-0.4, -0.2) is 44.8 Å². The van der Waals surface area contributed by atoms with Gasteiger partial charge in [0.15, 0.2) is 0 Å². The van der Waals surface area contributed by atoms with Crippen LogP contribution in [0.15, 0.2) is 29.2 Å². The molecule has 0 heterocycles. The van der Waals surface area contributed by atoms with Crippen molar-refractivity contribution in [3.05, 3.63) is 46.5 Å². The number of carbonyl (C=O) groups is 2. The first-order valence-electron chi connectivity index (χ1n) is 7.88. The van der Waals surface area contributed by atoms with Crippen LogP contribution in [0.2, 0.25) is 0 Å². The summed E-state index contributed by atoms with van der Waals surface area (Å²) in [7, 11) is -1.75. The Morgan fingerprint density at radius 3 is 2.11 bits per heavy atom. The van der Waals surface area contributed by atoms with Crippen molar-refractivity contribution < 1.29 is 37.7 Å². The number of carboxylic acids is 2. The molecule has 0 aliphatic rings. The SMILES string of the molecule is COc1cc(OC)c(NS(=O)(=O)c2cc(C(=O)O)cc(C)c2C)c(C(=O)O)c1. The maximum absolute atomic E-state index is 13.0. The number of hydrogen-bond acceptors (Lipinski definition) is 6. The quantitative estimate of drug-likeness (QED) is 0.634. The topological polar surface area (TPSA) is 139 Å². The Balaban J connectivity index is 2.69. The number of rotatable bonds is 7. The summed E-state index contributed by atoms with van der Waals surface area (Å²) in [6.45, 7) is 3.11. The normalized spacial score (nSPS) is 11.0. The maximum Gasteiger partial charge on any atom is 0.338 e. The van der Waals surface area contributed by atoms with Crippen LogP contribution in [0.3, 0.4) is 0 Å². The highest BCUT2D eigenvalue weighted by molar-refractivity contribution is 7.92. The standard InChI is InChI=1S/C18H19NO8S/c1-9-5-11(17(20)21)6-15(10(9)2)28(24,25)19-16-13(18(22)23)7-12(26-3)8-14(16)27-4/h5-8,19H,1-4H3,(H,20,21)(H,22,23). The van der Waals surface area contributed by atoms with E-state index in [4.69, 9.17) is 9.47 Å². The zero-order valence-corrected chi connectivity index (χ0v) is 16.4. The molecule has 0 radical (unpaired) electrons. The third-order valence-electron chi connectivity index (χ3n) is 4.15. The number of hydrogen-bond donors (Lipinski definition) is 3. The van der Waals surface area contributed by atoms with Crippen LogP contribution in [-0.2, 0) is 10.0 Å². The number of aryl methyl sites for hydroxylation is 1. The van der Waals surface area contributed by atoms with E-state index in [1.54, 1.807) is 6.92 Å². The monoisotopic (exact) mass is 409 g/mol. The zero-order chi connectivity index (χ0) is 21.2. The lowest BCUT2D eigenvalue weighted by atomic mass is 10.1. The van der Waals surface area contributed by atoms with Crippen molar-refractivity contribution in [3.8, 4) is 11.5 Å². The molecule has 0 aliphatic carbocycles. The average molecular weight is 409 g/mol. The van der Waals surface area contributed by atoms with Gasteiger partial charge in [-0.25, -0.2) is 18.0 Å². The molecule has 0 saturated heterocycles. The molecule has 150 valence electrons. The smallest absolute Gasteiger partial charge is 0.338 e. The number of benzene rings is 2. The Hall–Kier alpha value is -3.27. The molecule has 2 aromatic carbocycles. The molecule has 9 nitrogen and oxygen atoms in total. The largest absolute Gasteiger partial charge is 0.497 e. The van der Waals surface area contributed by atoms with E-state index in [2.05, 4.69) is 4.72 Å². The summed E-state index contributed by atoms with van der Waals surface area (Å²) in [6, 6.07) is 4.85. The molecule has 0 amide bonds. The van der Waals surface area contributed by atoms with Gasteiger partial charge in [0.05, 0.1) is 30.2 Å². The van der Waals surface area contributed by atoms with E-state index in [0.717, 1.165) is 12.1 Å². The minimum Gasteiger partial charge on any atom is -0.497 e. The number of ether oxygens (including phenoxy) is 2. The second kappa shape index (κ2) is 7.77. The second-order valence-electron chi connectivity index (χ2n) is 5.88. The summed E-state index contributed by atoms with van der Waals surface area (Å²) in [4.78, 5) is 22.6.